The molecule has 160 valence electrons. The second kappa shape index (κ2) is 8.76. The fourth-order valence-corrected chi connectivity index (χ4v) is 4.34. The first-order valence-corrected chi connectivity index (χ1v) is 10.6. The van der Waals surface area contributed by atoms with Crippen LogP contribution in [0.15, 0.2) is 42.5 Å². The zero-order valence-electron chi connectivity index (χ0n) is 17.6. The summed E-state index contributed by atoms with van der Waals surface area (Å²) in [7, 11) is 0. The van der Waals surface area contributed by atoms with Gasteiger partial charge in [-0.2, -0.15) is 5.26 Å². The molecule has 0 N–H and O–H groups in total. The predicted molar refractivity (Wildman–Crippen MR) is 116 cm³/mol. The van der Waals surface area contributed by atoms with E-state index in [0.717, 1.165) is 24.2 Å². The summed E-state index contributed by atoms with van der Waals surface area (Å²) in [5.41, 5.74) is 2.69. The Hall–Kier alpha value is -3.40. The average molecular weight is 420 g/mol. The molecule has 0 aliphatic carbocycles. The molecular weight excluding hydrogens is 395 g/mol. The Bertz CT molecular complexity index is 1030. The van der Waals surface area contributed by atoms with Gasteiger partial charge >= 0.3 is 0 Å². The topological polar surface area (TPSA) is 67.7 Å². The Kier molecular flexibility index (Phi) is 5.90. The van der Waals surface area contributed by atoms with Gasteiger partial charge in [-0.25, -0.2) is 4.39 Å². The maximum Gasteiger partial charge on any atom is 0.228 e. The molecule has 2 aromatic carbocycles. The van der Waals surface area contributed by atoms with Gasteiger partial charge in [0, 0.05) is 44.8 Å². The molecular formula is C24H25FN4O2. The summed E-state index contributed by atoms with van der Waals surface area (Å²) in [6.45, 7) is 4.73. The van der Waals surface area contributed by atoms with Crippen molar-refractivity contribution < 1.29 is 14.0 Å². The third-order valence-electron chi connectivity index (χ3n) is 6.04. The summed E-state index contributed by atoms with van der Waals surface area (Å²) in [4.78, 5) is 31.1. The van der Waals surface area contributed by atoms with Crippen LogP contribution in [0, 0.1) is 30.0 Å². The molecule has 2 saturated heterocycles. The number of carbonyl (C=O) groups is 2. The first-order chi connectivity index (χ1) is 15.0. The molecule has 0 radical (unpaired) electrons. The Labute approximate surface area is 181 Å². The Morgan fingerprint density at radius 2 is 1.87 bits per heavy atom. The van der Waals surface area contributed by atoms with Crippen LogP contribution in [0.5, 0.6) is 0 Å². The minimum atomic E-state index is -0.449. The molecule has 1 atom stereocenters. The standard InChI is InChI=1S/C24H25FN4O2/c1-17-3-8-22(21(25)13-17)29-16-19(14-23(29)30)24(31)28-10-2-9-27(11-12-28)20-6-4-18(15-26)5-7-20/h3-8,13,19H,2,9-12,14,16H2,1H3. The Balaban J connectivity index is 1.40. The summed E-state index contributed by atoms with van der Waals surface area (Å²) >= 11 is 0. The largest absolute Gasteiger partial charge is 0.370 e. The Morgan fingerprint density at radius 3 is 2.58 bits per heavy atom. The molecule has 7 heteroatoms. The van der Waals surface area contributed by atoms with Gasteiger partial charge in [0.1, 0.15) is 5.82 Å². The number of hydrogen-bond donors (Lipinski definition) is 0. The van der Waals surface area contributed by atoms with Gasteiger partial charge in [0.05, 0.1) is 23.2 Å². The molecule has 1 unspecified atom stereocenters. The first kappa shape index (κ1) is 20.9. The predicted octanol–water partition coefficient (Wildman–Crippen LogP) is 3.10. The maximum absolute atomic E-state index is 14.4. The highest BCUT2D eigenvalue weighted by Crippen LogP contribution is 2.29. The summed E-state index contributed by atoms with van der Waals surface area (Å²) in [6, 6.07) is 14.4. The van der Waals surface area contributed by atoms with Crippen molar-refractivity contribution in [2.24, 2.45) is 5.92 Å². The van der Waals surface area contributed by atoms with Crippen molar-refractivity contribution in [2.45, 2.75) is 19.8 Å². The number of rotatable bonds is 3. The fourth-order valence-electron chi connectivity index (χ4n) is 4.34. The molecule has 0 spiro atoms. The minimum absolute atomic E-state index is 0.0370. The van der Waals surface area contributed by atoms with Gasteiger partial charge in [-0.15, -0.1) is 0 Å². The molecule has 0 saturated carbocycles. The van der Waals surface area contributed by atoms with Crippen molar-refractivity contribution in [3.63, 3.8) is 0 Å². The minimum Gasteiger partial charge on any atom is -0.370 e. The van der Waals surface area contributed by atoms with Crippen molar-refractivity contribution in [3.05, 3.63) is 59.4 Å². The monoisotopic (exact) mass is 420 g/mol. The fraction of sp³-hybridized carbons (Fsp3) is 0.375. The number of benzene rings is 2. The quantitative estimate of drug-likeness (QED) is 0.765. The van der Waals surface area contributed by atoms with Crippen LogP contribution >= 0.6 is 0 Å². The van der Waals surface area contributed by atoms with Gasteiger partial charge in [-0.3, -0.25) is 9.59 Å². The van der Waals surface area contributed by atoms with Crippen LogP contribution in [-0.2, 0) is 9.59 Å². The van der Waals surface area contributed by atoms with Crippen molar-refractivity contribution in [2.75, 3.05) is 42.5 Å². The average Bonchev–Trinajstić information content (AvgIpc) is 2.98. The lowest BCUT2D eigenvalue weighted by Crippen LogP contribution is -2.40. The van der Waals surface area contributed by atoms with E-state index in [-0.39, 0.29) is 30.5 Å². The zero-order valence-corrected chi connectivity index (χ0v) is 17.6. The van der Waals surface area contributed by atoms with E-state index >= 15 is 0 Å². The molecule has 2 aromatic rings. The van der Waals surface area contributed by atoms with E-state index in [2.05, 4.69) is 11.0 Å². The summed E-state index contributed by atoms with van der Waals surface area (Å²) in [5.74, 6) is -1.14. The van der Waals surface area contributed by atoms with Crippen LogP contribution in [0.4, 0.5) is 15.8 Å². The number of aryl methyl sites for hydroxylation is 1. The van der Waals surface area contributed by atoms with E-state index in [1.807, 2.05) is 17.0 Å². The second-order valence-corrected chi connectivity index (χ2v) is 8.18. The lowest BCUT2D eigenvalue weighted by Gasteiger charge is -2.25. The van der Waals surface area contributed by atoms with Gasteiger partial charge < -0.3 is 14.7 Å². The van der Waals surface area contributed by atoms with Crippen LogP contribution in [0.25, 0.3) is 0 Å². The second-order valence-electron chi connectivity index (χ2n) is 8.18. The van der Waals surface area contributed by atoms with E-state index in [4.69, 9.17) is 5.26 Å². The van der Waals surface area contributed by atoms with Crippen molar-refractivity contribution >= 4 is 23.2 Å². The van der Waals surface area contributed by atoms with E-state index in [1.165, 1.54) is 11.0 Å². The smallest absolute Gasteiger partial charge is 0.228 e. The zero-order chi connectivity index (χ0) is 22.0. The normalized spacial score (nSPS) is 19.3. The van der Waals surface area contributed by atoms with Crippen LogP contribution in [0.3, 0.4) is 0 Å². The van der Waals surface area contributed by atoms with Gasteiger partial charge in [-0.05, 0) is 55.3 Å². The molecule has 2 heterocycles. The maximum atomic E-state index is 14.4. The molecule has 0 bridgehead atoms. The lowest BCUT2D eigenvalue weighted by molar-refractivity contribution is -0.135. The third kappa shape index (κ3) is 4.38. The number of nitrogens with zero attached hydrogens (tertiary/aromatic N) is 4. The molecule has 2 fully saturated rings. The summed E-state index contributed by atoms with van der Waals surface area (Å²) in [6.07, 6.45) is 0.935. The van der Waals surface area contributed by atoms with Crippen LogP contribution < -0.4 is 9.80 Å². The highest BCUT2D eigenvalue weighted by atomic mass is 19.1. The highest BCUT2D eigenvalue weighted by molar-refractivity contribution is 6.00. The molecule has 6 nitrogen and oxygen atoms in total. The first-order valence-electron chi connectivity index (χ1n) is 10.6. The number of amides is 2. The molecule has 31 heavy (non-hydrogen) atoms. The van der Waals surface area contributed by atoms with Crippen LogP contribution in [-0.4, -0.2) is 49.4 Å². The molecule has 2 aliphatic rings. The van der Waals surface area contributed by atoms with Crippen molar-refractivity contribution in [3.8, 4) is 6.07 Å². The van der Waals surface area contributed by atoms with Crippen molar-refractivity contribution in [1.29, 1.82) is 5.26 Å². The van der Waals surface area contributed by atoms with Gasteiger partial charge in [0.2, 0.25) is 11.8 Å². The number of nitriles is 1. The van der Waals surface area contributed by atoms with Gasteiger partial charge in [0.25, 0.3) is 0 Å². The van der Waals surface area contributed by atoms with E-state index in [9.17, 15) is 14.0 Å². The number of halogens is 1. The molecule has 2 aliphatic heterocycles. The lowest BCUT2D eigenvalue weighted by atomic mass is 10.1. The Morgan fingerprint density at radius 1 is 1.10 bits per heavy atom. The van der Waals surface area contributed by atoms with Crippen LogP contribution in [0.2, 0.25) is 0 Å². The SMILES string of the molecule is Cc1ccc(N2CC(C(=O)N3CCCN(c4ccc(C#N)cc4)CC3)CC2=O)c(F)c1. The van der Waals surface area contributed by atoms with Crippen LogP contribution in [0.1, 0.15) is 24.0 Å². The number of carbonyl (C=O) groups excluding carboxylic acids is 2. The summed E-state index contributed by atoms with van der Waals surface area (Å²) < 4.78 is 14.4. The molecule has 0 aromatic heterocycles. The molecule has 4 rings (SSSR count). The number of hydrogen-bond acceptors (Lipinski definition) is 4. The van der Waals surface area contributed by atoms with Gasteiger partial charge in [-0.1, -0.05) is 6.07 Å². The number of anilines is 2. The van der Waals surface area contributed by atoms with E-state index < -0.39 is 11.7 Å². The van der Waals surface area contributed by atoms with E-state index in [0.29, 0.717) is 25.2 Å². The van der Waals surface area contributed by atoms with Gasteiger partial charge in [0.15, 0.2) is 0 Å². The molecule has 2 amide bonds. The summed E-state index contributed by atoms with van der Waals surface area (Å²) in [5, 5.41) is 8.96. The van der Waals surface area contributed by atoms with E-state index in [1.54, 1.807) is 31.2 Å². The highest BCUT2D eigenvalue weighted by Gasteiger charge is 2.38. The van der Waals surface area contributed by atoms with Crippen molar-refractivity contribution in [1.82, 2.24) is 4.90 Å². The third-order valence-corrected chi connectivity index (χ3v) is 6.04.